The van der Waals surface area contributed by atoms with Crippen LogP contribution in [0.4, 0.5) is 0 Å². The quantitative estimate of drug-likeness (QED) is 0.806. The maximum atomic E-state index is 5.95. The molecule has 0 radical (unpaired) electrons. The molecule has 0 saturated carbocycles. The molecule has 96 valence electrons. The Morgan fingerprint density at radius 1 is 1.50 bits per heavy atom. The molecule has 3 unspecified atom stereocenters. The van der Waals surface area contributed by atoms with Crippen molar-refractivity contribution >= 4 is 12.4 Å². The number of nitrogens with zero attached hydrogens (tertiary/aromatic N) is 1. The van der Waals surface area contributed by atoms with Crippen LogP contribution in [-0.4, -0.2) is 43.9 Å². The summed E-state index contributed by atoms with van der Waals surface area (Å²) in [5, 5.41) is 3.55. The molecule has 0 aliphatic carbocycles. The Bertz CT molecular complexity index is 217. The monoisotopic (exact) mass is 248 g/mol. The Kier molecular flexibility index (Phi) is 5.05. The van der Waals surface area contributed by atoms with E-state index in [4.69, 9.17) is 4.74 Å². The Morgan fingerprint density at radius 3 is 2.75 bits per heavy atom. The predicted molar refractivity (Wildman–Crippen MR) is 69.0 cm³/mol. The topological polar surface area (TPSA) is 24.5 Å². The van der Waals surface area contributed by atoms with Crippen molar-refractivity contribution in [3.8, 4) is 0 Å². The lowest BCUT2D eigenvalue weighted by Crippen LogP contribution is -2.53. The number of rotatable bonds is 2. The van der Waals surface area contributed by atoms with Gasteiger partial charge in [0.1, 0.15) is 5.72 Å². The van der Waals surface area contributed by atoms with Crippen molar-refractivity contribution < 1.29 is 4.74 Å². The third-order valence-corrected chi connectivity index (χ3v) is 3.68. The third-order valence-electron chi connectivity index (χ3n) is 3.68. The van der Waals surface area contributed by atoms with E-state index in [1.807, 2.05) is 0 Å². The Balaban J connectivity index is 0.00000128. The fourth-order valence-electron chi connectivity index (χ4n) is 2.70. The van der Waals surface area contributed by atoms with Crippen molar-refractivity contribution in [2.45, 2.75) is 32.4 Å². The maximum Gasteiger partial charge on any atom is 0.116 e. The second-order valence-electron chi connectivity index (χ2n) is 5.65. The van der Waals surface area contributed by atoms with E-state index in [0.717, 1.165) is 25.5 Å². The molecule has 2 fully saturated rings. The zero-order valence-electron chi connectivity index (χ0n) is 10.7. The molecule has 2 heterocycles. The molecule has 3 nitrogen and oxygen atoms in total. The first-order valence-corrected chi connectivity index (χ1v) is 6.15. The van der Waals surface area contributed by atoms with E-state index in [1.54, 1.807) is 0 Å². The zero-order valence-corrected chi connectivity index (χ0v) is 11.5. The van der Waals surface area contributed by atoms with Gasteiger partial charge >= 0.3 is 0 Å². The second-order valence-corrected chi connectivity index (χ2v) is 5.65. The highest BCUT2D eigenvalue weighted by molar-refractivity contribution is 5.85. The van der Waals surface area contributed by atoms with Crippen molar-refractivity contribution in [1.82, 2.24) is 10.2 Å². The summed E-state index contributed by atoms with van der Waals surface area (Å²) >= 11 is 0. The van der Waals surface area contributed by atoms with Crippen LogP contribution in [0.2, 0.25) is 0 Å². The largest absolute Gasteiger partial charge is 0.361 e. The summed E-state index contributed by atoms with van der Waals surface area (Å²) in [6.07, 6.45) is 2.48. The Morgan fingerprint density at radius 2 is 2.25 bits per heavy atom. The lowest BCUT2D eigenvalue weighted by Gasteiger charge is -2.39. The predicted octanol–water partition coefficient (Wildman–Crippen LogP) is 1.72. The molecule has 2 saturated heterocycles. The molecule has 0 amide bonds. The van der Waals surface area contributed by atoms with Crippen LogP contribution in [0, 0.1) is 11.8 Å². The lowest BCUT2D eigenvalue weighted by molar-refractivity contribution is -0.112. The van der Waals surface area contributed by atoms with Crippen molar-refractivity contribution in [3.05, 3.63) is 0 Å². The number of hydrogen-bond donors (Lipinski definition) is 1. The fourth-order valence-corrected chi connectivity index (χ4v) is 2.70. The summed E-state index contributed by atoms with van der Waals surface area (Å²) in [6, 6.07) is 0. The van der Waals surface area contributed by atoms with Crippen LogP contribution in [-0.2, 0) is 4.74 Å². The summed E-state index contributed by atoms with van der Waals surface area (Å²) in [7, 11) is 2.21. The van der Waals surface area contributed by atoms with Gasteiger partial charge in [-0.2, -0.15) is 0 Å². The van der Waals surface area contributed by atoms with Crippen LogP contribution in [0.3, 0.4) is 0 Å². The molecule has 0 spiro atoms. The van der Waals surface area contributed by atoms with Gasteiger partial charge in [0.25, 0.3) is 0 Å². The second kappa shape index (κ2) is 5.67. The summed E-state index contributed by atoms with van der Waals surface area (Å²) in [6.45, 7) is 8.92. The van der Waals surface area contributed by atoms with Gasteiger partial charge in [-0.05, 0) is 45.2 Å². The van der Waals surface area contributed by atoms with Gasteiger partial charge in [0.15, 0.2) is 0 Å². The number of likely N-dealkylation sites (tertiary alicyclic amines) is 1. The first-order valence-electron chi connectivity index (χ1n) is 6.15. The molecule has 2 aliphatic rings. The molecule has 3 atom stereocenters. The van der Waals surface area contributed by atoms with Gasteiger partial charge < -0.3 is 9.64 Å². The molecule has 0 aromatic heterocycles. The summed E-state index contributed by atoms with van der Waals surface area (Å²) in [5.41, 5.74) is -0.0671. The average molecular weight is 249 g/mol. The maximum absolute atomic E-state index is 5.95. The van der Waals surface area contributed by atoms with E-state index >= 15 is 0 Å². The first-order chi connectivity index (χ1) is 7.07. The smallest absolute Gasteiger partial charge is 0.116 e. The minimum Gasteiger partial charge on any atom is -0.361 e. The molecular weight excluding hydrogens is 224 g/mol. The number of halogens is 1. The highest BCUT2D eigenvalue weighted by Gasteiger charge is 2.34. The van der Waals surface area contributed by atoms with Crippen LogP contribution in [0.25, 0.3) is 0 Å². The third kappa shape index (κ3) is 3.59. The van der Waals surface area contributed by atoms with Crippen LogP contribution in [0.15, 0.2) is 0 Å². The van der Waals surface area contributed by atoms with Crippen molar-refractivity contribution in [2.24, 2.45) is 11.8 Å². The molecule has 2 rings (SSSR count). The number of ether oxygens (including phenoxy) is 1. The lowest BCUT2D eigenvalue weighted by atomic mass is 9.95. The summed E-state index contributed by atoms with van der Waals surface area (Å²) in [4.78, 5) is 2.42. The molecule has 0 bridgehead atoms. The standard InChI is InChI=1S/C12H24N2O.ClH/c1-10-7-13-12(2,15-9-10)6-11-4-5-14(3)8-11;/h10-11,13H,4-9H2,1-3H3;1H. The number of hydrogen-bond acceptors (Lipinski definition) is 3. The van der Waals surface area contributed by atoms with Gasteiger partial charge in [-0.15, -0.1) is 12.4 Å². The molecular formula is C12H25ClN2O. The highest BCUT2D eigenvalue weighted by Crippen LogP contribution is 2.27. The van der Waals surface area contributed by atoms with Gasteiger partial charge in [-0.1, -0.05) is 6.92 Å². The van der Waals surface area contributed by atoms with E-state index in [-0.39, 0.29) is 18.1 Å². The summed E-state index contributed by atoms with van der Waals surface area (Å²) in [5.74, 6) is 1.46. The summed E-state index contributed by atoms with van der Waals surface area (Å²) < 4.78 is 5.95. The highest BCUT2D eigenvalue weighted by atomic mass is 35.5. The Hall–Kier alpha value is 0.170. The molecule has 0 aromatic carbocycles. The molecule has 0 aromatic rings. The minimum absolute atomic E-state index is 0. The average Bonchev–Trinajstić information content (AvgIpc) is 2.57. The van der Waals surface area contributed by atoms with Crippen molar-refractivity contribution in [3.63, 3.8) is 0 Å². The minimum atomic E-state index is -0.0671. The molecule has 4 heteroatoms. The molecule has 2 aliphatic heterocycles. The van der Waals surface area contributed by atoms with E-state index in [2.05, 4.69) is 31.1 Å². The normalized spacial score (nSPS) is 40.7. The van der Waals surface area contributed by atoms with Gasteiger partial charge in [0, 0.05) is 13.1 Å². The molecule has 16 heavy (non-hydrogen) atoms. The zero-order chi connectivity index (χ0) is 10.9. The molecule has 1 N–H and O–H groups in total. The first kappa shape index (κ1) is 14.2. The Labute approximate surface area is 105 Å². The van der Waals surface area contributed by atoms with Crippen LogP contribution in [0.1, 0.15) is 26.7 Å². The SMILES string of the molecule is CC1CNC(C)(CC2CCN(C)C2)OC1.Cl. The number of nitrogens with one attached hydrogen (secondary N) is 1. The van der Waals surface area contributed by atoms with Crippen LogP contribution in [0.5, 0.6) is 0 Å². The fraction of sp³-hybridized carbons (Fsp3) is 1.00. The van der Waals surface area contributed by atoms with Gasteiger partial charge in [-0.25, -0.2) is 0 Å². The van der Waals surface area contributed by atoms with Crippen LogP contribution >= 0.6 is 12.4 Å². The van der Waals surface area contributed by atoms with E-state index in [9.17, 15) is 0 Å². The van der Waals surface area contributed by atoms with Crippen LogP contribution < -0.4 is 5.32 Å². The van der Waals surface area contributed by atoms with E-state index < -0.39 is 0 Å². The van der Waals surface area contributed by atoms with Crippen molar-refractivity contribution in [2.75, 3.05) is 33.3 Å². The van der Waals surface area contributed by atoms with E-state index in [1.165, 1.54) is 19.5 Å². The van der Waals surface area contributed by atoms with E-state index in [0.29, 0.717) is 5.92 Å². The van der Waals surface area contributed by atoms with Gasteiger partial charge in [-0.3, -0.25) is 5.32 Å². The van der Waals surface area contributed by atoms with Gasteiger partial charge in [0.05, 0.1) is 6.61 Å². The van der Waals surface area contributed by atoms with Gasteiger partial charge in [0.2, 0.25) is 0 Å². The van der Waals surface area contributed by atoms with Crippen molar-refractivity contribution in [1.29, 1.82) is 0 Å².